The van der Waals surface area contributed by atoms with Gasteiger partial charge >= 0.3 is 0 Å². The van der Waals surface area contributed by atoms with Gasteiger partial charge in [-0.25, -0.2) is 8.42 Å². The highest BCUT2D eigenvalue weighted by molar-refractivity contribution is 7.92. The van der Waals surface area contributed by atoms with E-state index in [0.717, 1.165) is 15.9 Å². The average molecular weight is 579 g/mol. The predicted molar refractivity (Wildman–Crippen MR) is 155 cm³/mol. The Morgan fingerprint density at radius 2 is 1.66 bits per heavy atom. The molecule has 0 unspecified atom stereocenters. The van der Waals surface area contributed by atoms with Gasteiger partial charge in [0.05, 0.1) is 11.9 Å². The molecule has 0 radical (unpaired) electrons. The number of hydrogen-bond acceptors (Lipinski definition) is 4. The van der Waals surface area contributed by atoms with E-state index in [1.807, 2.05) is 51.1 Å². The molecule has 0 aromatic heterocycles. The smallest absolute Gasteiger partial charge is 0.244 e. The standard InChI is InChI=1S/C28H33Cl2N3O4S/c1-6-24(27(35)31-28(2,3)4)32(17-20-14-15-21(29)16-23(20)30)26(34)18-33(38(5,36)37)25-13-9-11-19-10-7-8-12-22(19)25/h7-16,24H,6,17-18H2,1-5H3,(H,31,35)/t24-/m1/s1. The molecule has 7 nitrogen and oxygen atoms in total. The van der Waals surface area contributed by atoms with Crippen molar-refractivity contribution in [1.82, 2.24) is 10.2 Å². The van der Waals surface area contributed by atoms with Crippen LogP contribution in [0.5, 0.6) is 0 Å². The Balaban J connectivity index is 2.06. The molecule has 0 aliphatic carbocycles. The minimum atomic E-state index is -3.86. The van der Waals surface area contributed by atoms with Gasteiger partial charge in [-0.3, -0.25) is 13.9 Å². The summed E-state index contributed by atoms with van der Waals surface area (Å²) < 4.78 is 27.1. The molecule has 1 atom stereocenters. The van der Waals surface area contributed by atoms with Gasteiger partial charge in [0.2, 0.25) is 21.8 Å². The molecule has 1 N–H and O–H groups in total. The number of rotatable bonds is 9. The summed E-state index contributed by atoms with van der Waals surface area (Å²) in [6, 6.07) is 16.7. The average Bonchev–Trinajstić information content (AvgIpc) is 2.81. The van der Waals surface area contributed by atoms with Crippen molar-refractivity contribution in [2.24, 2.45) is 0 Å². The first-order chi connectivity index (χ1) is 17.7. The van der Waals surface area contributed by atoms with Crippen LogP contribution in [-0.2, 0) is 26.2 Å². The topological polar surface area (TPSA) is 86.8 Å². The monoisotopic (exact) mass is 577 g/mol. The highest BCUT2D eigenvalue weighted by Gasteiger charge is 2.33. The van der Waals surface area contributed by atoms with E-state index in [-0.39, 0.29) is 12.5 Å². The predicted octanol–water partition coefficient (Wildman–Crippen LogP) is 5.63. The van der Waals surface area contributed by atoms with Gasteiger partial charge in [-0.05, 0) is 56.3 Å². The van der Waals surface area contributed by atoms with Crippen LogP contribution in [-0.4, -0.2) is 49.5 Å². The number of carbonyl (C=O) groups is 2. The lowest BCUT2D eigenvalue weighted by Gasteiger charge is -2.34. The zero-order valence-electron chi connectivity index (χ0n) is 22.2. The van der Waals surface area contributed by atoms with Crippen molar-refractivity contribution in [3.8, 4) is 0 Å². The van der Waals surface area contributed by atoms with E-state index in [2.05, 4.69) is 5.32 Å². The minimum Gasteiger partial charge on any atom is -0.350 e. The van der Waals surface area contributed by atoms with Gasteiger partial charge in [-0.2, -0.15) is 0 Å². The summed E-state index contributed by atoms with van der Waals surface area (Å²) in [5, 5.41) is 5.25. The molecule has 0 bridgehead atoms. The molecule has 0 heterocycles. The zero-order chi connectivity index (χ0) is 28.3. The molecule has 38 heavy (non-hydrogen) atoms. The Bertz CT molecular complexity index is 1430. The molecule has 204 valence electrons. The largest absolute Gasteiger partial charge is 0.350 e. The molecule has 3 aromatic rings. The van der Waals surface area contributed by atoms with Crippen LogP contribution in [0.1, 0.15) is 39.7 Å². The first kappa shape index (κ1) is 29.7. The van der Waals surface area contributed by atoms with E-state index in [9.17, 15) is 18.0 Å². The van der Waals surface area contributed by atoms with Crippen LogP contribution in [0.3, 0.4) is 0 Å². The number of carbonyl (C=O) groups excluding carboxylic acids is 2. The van der Waals surface area contributed by atoms with Crippen LogP contribution < -0.4 is 9.62 Å². The van der Waals surface area contributed by atoms with Crippen molar-refractivity contribution in [3.05, 3.63) is 76.3 Å². The molecule has 0 fully saturated rings. The quantitative estimate of drug-likeness (QED) is 0.357. The van der Waals surface area contributed by atoms with Gasteiger partial charge in [0.1, 0.15) is 12.6 Å². The number of anilines is 1. The third-order valence-electron chi connectivity index (χ3n) is 5.95. The Morgan fingerprint density at radius 3 is 2.26 bits per heavy atom. The number of fused-ring (bicyclic) bond motifs is 1. The molecular formula is C28H33Cl2N3O4S. The van der Waals surface area contributed by atoms with Crippen molar-refractivity contribution in [2.45, 2.75) is 52.2 Å². The first-order valence-corrected chi connectivity index (χ1v) is 14.8. The lowest BCUT2D eigenvalue weighted by atomic mass is 10.1. The summed E-state index contributed by atoms with van der Waals surface area (Å²) in [5.74, 6) is -0.875. The lowest BCUT2D eigenvalue weighted by molar-refractivity contribution is -0.141. The first-order valence-electron chi connectivity index (χ1n) is 12.2. The molecule has 10 heteroatoms. The fraction of sp³-hybridized carbons (Fsp3) is 0.357. The van der Waals surface area contributed by atoms with E-state index in [4.69, 9.17) is 23.2 Å². The Labute approximate surface area is 234 Å². The van der Waals surface area contributed by atoms with Crippen LogP contribution in [0.25, 0.3) is 10.8 Å². The van der Waals surface area contributed by atoms with Crippen LogP contribution >= 0.6 is 23.2 Å². The lowest BCUT2D eigenvalue weighted by Crippen LogP contribution is -2.55. The number of nitrogens with zero attached hydrogens (tertiary/aromatic N) is 2. The zero-order valence-corrected chi connectivity index (χ0v) is 24.5. The van der Waals surface area contributed by atoms with Gasteiger partial charge in [0.15, 0.2) is 0 Å². The van der Waals surface area contributed by atoms with Gasteiger partial charge < -0.3 is 10.2 Å². The number of sulfonamides is 1. The molecule has 0 spiro atoms. The second-order valence-electron chi connectivity index (χ2n) is 10.2. The maximum atomic E-state index is 13.9. The Kier molecular flexibility index (Phi) is 9.34. The van der Waals surface area contributed by atoms with Crippen molar-refractivity contribution in [1.29, 1.82) is 0 Å². The van der Waals surface area contributed by atoms with Crippen molar-refractivity contribution < 1.29 is 18.0 Å². The molecule has 2 amide bonds. The van der Waals surface area contributed by atoms with E-state index < -0.39 is 34.1 Å². The Hall–Kier alpha value is -2.81. The van der Waals surface area contributed by atoms with Crippen molar-refractivity contribution in [3.63, 3.8) is 0 Å². The van der Waals surface area contributed by atoms with Crippen molar-refractivity contribution in [2.75, 3.05) is 17.1 Å². The molecule has 0 aliphatic heterocycles. The number of nitrogens with one attached hydrogen (secondary N) is 1. The highest BCUT2D eigenvalue weighted by Crippen LogP contribution is 2.29. The summed E-state index contributed by atoms with van der Waals surface area (Å²) in [5.41, 5.74) is 0.442. The maximum Gasteiger partial charge on any atom is 0.244 e. The van der Waals surface area contributed by atoms with E-state index in [1.165, 1.54) is 4.90 Å². The number of halogens is 2. The minimum absolute atomic E-state index is 0.00194. The normalized spacial score (nSPS) is 12.7. The molecule has 0 aliphatic rings. The van der Waals surface area contributed by atoms with Gasteiger partial charge in [-0.1, -0.05) is 72.6 Å². The molecule has 3 rings (SSSR count). The molecular weight excluding hydrogens is 545 g/mol. The van der Waals surface area contributed by atoms with Crippen LogP contribution in [0.15, 0.2) is 60.7 Å². The third-order valence-corrected chi connectivity index (χ3v) is 7.67. The van der Waals surface area contributed by atoms with E-state index >= 15 is 0 Å². The van der Waals surface area contributed by atoms with E-state index in [1.54, 1.807) is 37.3 Å². The van der Waals surface area contributed by atoms with Gasteiger partial charge in [0, 0.05) is 27.5 Å². The summed E-state index contributed by atoms with van der Waals surface area (Å²) >= 11 is 12.5. The molecule has 0 saturated heterocycles. The maximum absolute atomic E-state index is 13.9. The fourth-order valence-electron chi connectivity index (χ4n) is 4.23. The number of amides is 2. The summed E-state index contributed by atoms with van der Waals surface area (Å²) in [7, 11) is -3.86. The Morgan fingerprint density at radius 1 is 1.00 bits per heavy atom. The molecule has 3 aromatic carbocycles. The molecule has 0 saturated carbocycles. The van der Waals surface area contributed by atoms with Crippen molar-refractivity contribution >= 4 is 61.5 Å². The second kappa shape index (κ2) is 11.9. The second-order valence-corrected chi connectivity index (χ2v) is 12.9. The summed E-state index contributed by atoms with van der Waals surface area (Å²) in [6.45, 7) is 6.87. The van der Waals surface area contributed by atoms with Gasteiger partial charge in [-0.15, -0.1) is 0 Å². The van der Waals surface area contributed by atoms with Crippen LogP contribution in [0, 0.1) is 0 Å². The third kappa shape index (κ3) is 7.40. The van der Waals surface area contributed by atoms with Crippen LogP contribution in [0.2, 0.25) is 10.0 Å². The fourth-order valence-corrected chi connectivity index (χ4v) is 5.56. The summed E-state index contributed by atoms with van der Waals surface area (Å²) in [6.07, 6.45) is 1.37. The number of hydrogen-bond donors (Lipinski definition) is 1. The SMILES string of the molecule is CC[C@H](C(=O)NC(C)(C)C)N(Cc1ccc(Cl)cc1Cl)C(=O)CN(c1cccc2ccccc12)S(C)(=O)=O. The van der Waals surface area contributed by atoms with E-state index in [0.29, 0.717) is 33.1 Å². The highest BCUT2D eigenvalue weighted by atomic mass is 35.5. The summed E-state index contributed by atoms with van der Waals surface area (Å²) in [4.78, 5) is 28.6. The van der Waals surface area contributed by atoms with Gasteiger partial charge in [0.25, 0.3) is 0 Å². The number of benzene rings is 3. The van der Waals surface area contributed by atoms with Crippen LogP contribution in [0.4, 0.5) is 5.69 Å².